The third kappa shape index (κ3) is 5.30. The SMILES string of the molecule is CCCOc1ccc(/C(O)=C2\C(=O)C(=O)N(C3CCN(C(=O)OCC)CC3)C2c2cccnc2)cc1C. The van der Waals surface area contributed by atoms with E-state index in [2.05, 4.69) is 4.98 Å². The van der Waals surface area contributed by atoms with Gasteiger partial charge in [-0.2, -0.15) is 0 Å². The predicted octanol–water partition coefficient (Wildman–Crippen LogP) is 4.22. The highest BCUT2D eigenvalue weighted by Gasteiger charge is 2.49. The van der Waals surface area contributed by atoms with Gasteiger partial charge in [0.05, 0.1) is 24.8 Å². The van der Waals surface area contributed by atoms with E-state index in [-0.39, 0.29) is 23.5 Å². The van der Waals surface area contributed by atoms with E-state index in [4.69, 9.17) is 9.47 Å². The van der Waals surface area contributed by atoms with Crippen LogP contribution < -0.4 is 4.74 Å². The van der Waals surface area contributed by atoms with Gasteiger partial charge in [-0.05, 0) is 68.5 Å². The third-order valence-electron chi connectivity index (χ3n) is 6.77. The van der Waals surface area contributed by atoms with Crippen LogP contribution in [0.15, 0.2) is 48.3 Å². The molecule has 0 bridgehead atoms. The van der Waals surface area contributed by atoms with E-state index >= 15 is 0 Å². The third-order valence-corrected chi connectivity index (χ3v) is 6.77. The topological polar surface area (TPSA) is 109 Å². The first-order chi connectivity index (χ1) is 17.9. The first kappa shape index (κ1) is 26.2. The zero-order valence-corrected chi connectivity index (χ0v) is 21.5. The van der Waals surface area contributed by atoms with Gasteiger partial charge in [0.1, 0.15) is 11.5 Å². The molecule has 3 heterocycles. The summed E-state index contributed by atoms with van der Waals surface area (Å²) in [5.41, 5.74) is 1.92. The highest BCUT2D eigenvalue weighted by atomic mass is 16.6. The first-order valence-corrected chi connectivity index (χ1v) is 12.7. The lowest BCUT2D eigenvalue weighted by atomic mass is 9.94. The van der Waals surface area contributed by atoms with Gasteiger partial charge in [0.2, 0.25) is 0 Å². The molecule has 2 fully saturated rings. The minimum Gasteiger partial charge on any atom is -0.507 e. The van der Waals surface area contributed by atoms with Crippen LogP contribution in [0, 0.1) is 6.92 Å². The summed E-state index contributed by atoms with van der Waals surface area (Å²) in [6.07, 6.45) is 4.70. The van der Waals surface area contributed by atoms with Crippen molar-refractivity contribution in [1.82, 2.24) is 14.8 Å². The number of hydrogen-bond donors (Lipinski definition) is 1. The number of ether oxygens (including phenoxy) is 2. The van der Waals surface area contributed by atoms with Crippen LogP contribution in [0.5, 0.6) is 5.75 Å². The molecule has 1 aromatic carbocycles. The second-order valence-electron chi connectivity index (χ2n) is 9.24. The number of hydrogen-bond acceptors (Lipinski definition) is 7. The lowest BCUT2D eigenvalue weighted by molar-refractivity contribution is -0.142. The van der Waals surface area contributed by atoms with Crippen LogP contribution in [-0.2, 0) is 14.3 Å². The average Bonchev–Trinajstić information content (AvgIpc) is 3.18. The van der Waals surface area contributed by atoms with Crippen molar-refractivity contribution >= 4 is 23.5 Å². The number of pyridine rings is 1. The van der Waals surface area contributed by atoms with Crippen LogP contribution >= 0.6 is 0 Å². The summed E-state index contributed by atoms with van der Waals surface area (Å²) < 4.78 is 10.8. The Morgan fingerprint density at radius 3 is 2.54 bits per heavy atom. The number of carbonyl (C=O) groups excluding carboxylic acids is 3. The van der Waals surface area contributed by atoms with Gasteiger partial charge in [0, 0.05) is 37.1 Å². The second kappa shape index (κ2) is 11.5. The molecule has 1 unspecified atom stereocenters. The van der Waals surface area contributed by atoms with E-state index in [9.17, 15) is 19.5 Å². The molecule has 2 aliphatic heterocycles. The Hall–Kier alpha value is -3.88. The molecule has 1 atom stereocenters. The molecule has 0 aliphatic carbocycles. The molecule has 4 rings (SSSR count). The maximum Gasteiger partial charge on any atom is 0.409 e. The minimum absolute atomic E-state index is 0.0347. The van der Waals surface area contributed by atoms with E-state index < -0.39 is 17.7 Å². The molecule has 196 valence electrons. The van der Waals surface area contributed by atoms with Crippen molar-refractivity contribution in [2.45, 2.75) is 52.1 Å². The van der Waals surface area contributed by atoms with E-state index in [0.717, 1.165) is 12.0 Å². The van der Waals surface area contributed by atoms with E-state index in [1.807, 2.05) is 13.8 Å². The average molecular weight is 508 g/mol. The number of rotatable bonds is 7. The van der Waals surface area contributed by atoms with Gasteiger partial charge in [0.15, 0.2) is 0 Å². The summed E-state index contributed by atoms with van der Waals surface area (Å²) in [4.78, 5) is 46.3. The Morgan fingerprint density at radius 1 is 1.16 bits per heavy atom. The number of piperidine rings is 1. The molecule has 2 aliphatic rings. The highest BCUT2D eigenvalue weighted by Crippen LogP contribution is 2.42. The lowest BCUT2D eigenvalue weighted by Gasteiger charge is -2.38. The first-order valence-electron chi connectivity index (χ1n) is 12.7. The summed E-state index contributed by atoms with van der Waals surface area (Å²) in [6, 6.07) is 7.67. The van der Waals surface area contributed by atoms with Gasteiger partial charge in [-0.1, -0.05) is 13.0 Å². The molecular formula is C28H33N3O6. The molecule has 1 aromatic heterocycles. The number of aromatic nitrogens is 1. The van der Waals surface area contributed by atoms with Gasteiger partial charge < -0.3 is 24.4 Å². The van der Waals surface area contributed by atoms with Crippen molar-refractivity contribution in [3.05, 3.63) is 65.0 Å². The Morgan fingerprint density at radius 2 is 1.92 bits per heavy atom. The quantitative estimate of drug-likeness (QED) is 0.339. The fourth-order valence-corrected chi connectivity index (χ4v) is 4.96. The second-order valence-corrected chi connectivity index (χ2v) is 9.24. The maximum atomic E-state index is 13.4. The van der Waals surface area contributed by atoms with Gasteiger partial charge in [-0.15, -0.1) is 0 Å². The summed E-state index contributed by atoms with van der Waals surface area (Å²) in [6.45, 7) is 7.33. The minimum atomic E-state index is -0.788. The van der Waals surface area contributed by atoms with Gasteiger partial charge in [-0.25, -0.2) is 4.79 Å². The predicted molar refractivity (Wildman–Crippen MR) is 137 cm³/mol. The molecule has 0 spiro atoms. The molecule has 9 nitrogen and oxygen atoms in total. The van der Waals surface area contributed by atoms with E-state index in [1.54, 1.807) is 59.4 Å². The summed E-state index contributed by atoms with van der Waals surface area (Å²) in [7, 11) is 0. The highest BCUT2D eigenvalue weighted by molar-refractivity contribution is 6.46. The molecular weight excluding hydrogens is 474 g/mol. The Labute approximate surface area is 216 Å². The fourth-order valence-electron chi connectivity index (χ4n) is 4.96. The smallest absolute Gasteiger partial charge is 0.409 e. The van der Waals surface area contributed by atoms with Crippen LogP contribution in [0.25, 0.3) is 5.76 Å². The number of amides is 2. The number of aliphatic hydroxyl groups is 1. The molecule has 0 radical (unpaired) electrons. The van der Waals surface area contributed by atoms with E-state index in [1.165, 1.54) is 0 Å². The fraction of sp³-hybridized carbons (Fsp3) is 0.429. The molecule has 2 saturated heterocycles. The normalized spacial score (nSPS) is 19.8. The van der Waals surface area contributed by atoms with Crippen molar-refractivity contribution in [2.24, 2.45) is 0 Å². The molecule has 1 N–H and O–H groups in total. The number of nitrogens with zero attached hydrogens (tertiary/aromatic N) is 3. The number of likely N-dealkylation sites (tertiary alicyclic amines) is 2. The largest absolute Gasteiger partial charge is 0.507 e. The summed E-state index contributed by atoms with van der Waals surface area (Å²) in [5, 5.41) is 11.4. The molecule has 0 saturated carbocycles. The van der Waals surface area contributed by atoms with Crippen LogP contribution in [-0.4, -0.2) is 70.0 Å². The number of aliphatic hydroxyl groups excluding tert-OH is 1. The van der Waals surface area contributed by atoms with Crippen molar-refractivity contribution in [3.8, 4) is 5.75 Å². The Balaban J connectivity index is 1.70. The Bertz CT molecular complexity index is 1190. The molecule has 2 aromatic rings. The van der Waals surface area contributed by atoms with Crippen molar-refractivity contribution in [3.63, 3.8) is 0 Å². The van der Waals surface area contributed by atoms with Gasteiger partial charge in [0.25, 0.3) is 11.7 Å². The lowest BCUT2D eigenvalue weighted by Crippen LogP contribution is -2.48. The molecule has 2 amide bonds. The van der Waals surface area contributed by atoms with E-state index in [0.29, 0.717) is 56.0 Å². The standard InChI is InChI=1S/C28H33N3O6/c1-4-15-37-22-9-8-19(16-18(22)3)25(32)23-24(20-7-6-12-29-17-20)31(27(34)26(23)33)21-10-13-30(14-11-21)28(35)36-5-2/h6-9,12,16-17,21,24,32H,4-5,10-11,13-15H2,1-3H3/b25-23+. The zero-order valence-electron chi connectivity index (χ0n) is 21.5. The van der Waals surface area contributed by atoms with Gasteiger partial charge in [-0.3, -0.25) is 14.6 Å². The van der Waals surface area contributed by atoms with Gasteiger partial charge >= 0.3 is 6.09 Å². The number of Topliss-reactive ketones (excluding diaryl/α,β-unsaturated/α-hetero) is 1. The molecule has 9 heteroatoms. The molecule has 37 heavy (non-hydrogen) atoms. The number of benzene rings is 1. The van der Waals surface area contributed by atoms with Crippen molar-refractivity contribution in [1.29, 1.82) is 0 Å². The monoisotopic (exact) mass is 507 g/mol. The summed E-state index contributed by atoms with van der Waals surface area (Å²) >= 11 is 0. The van der Waals surface area contributed by atoms with Crippen LogP contribution in [0.3, 0.4) is 0 Å². The van der Waals surface area contributed by atoms with Crippen LogP contribution in [0.2, 0.25) is 0 Å². The van der Waals surface area contributed by atoms with Crippen LogP contribution in [0.4, 0.5) is 4.79 Å². The van der Waals surface area contributed by atoms with Crippen molar-refractivity contribution < 1.29 is 29.0 Å². The van der Waals surface area contributed by atoms with Crippen LogP contribution in [0.1, 0.15) is 55.8 Å². The van der Waals surface area contributed by atoms with Crippen molar-refractivity contribution in [2.75, 3.05) is 26.3 Å². The zero-order chi connectivity index (χ0) is 26.5. The number of aryl methyl sites for hydroxylation is 1. The summed E-state index contributed by atoms with van der Waals surface area (Å²) in [5.74, 6) is -0.924. The number of carbonyl (C=O) groups is 3. The maximum absolute atomic E-state index is 13.4. The Kier molecular flexibility index (Phi) is 8.11. The number of ketones is 1.